The third-order valence-electron chi connectivity index (χ3n) is 5.02. The number of aryl methyl sites for hydroxylation is 1. The van der Waals surface area contributed by atoms with Crippen LogP contribution < -0.4 is 0 Å². The minimum absolute atomic E-state index is 0.780. The fraction of sp³-hybridized carbons (Fsp3) is 0.429. The van der Waals surface area contributed by atoms with E-state index >= 15 is 0 Å². The molecule has 0 heteroatoms. The number of rotatable bonds is 2. The van der Waals surface area contributed by atoms with Gasteiger partial charge in [0.1, 0.15) is 0 Å². The molecular formula is C21H26. The third-order valence-corrected chi connectivity index (χ3v) is 5.02. The second kappa shape index (κ2) is 6.47. The van der Waals surface area contributed by atoms with E-state index in [0.29, 0.717) is 0 Å². The smallest absolute Gasteiger partial charge is 0.0162 e. The van der Waals surface area contributed by atoms with Crippen LogP contribution in [0.4, 0.5) is 0 Å². The van der Waals surface area contributed by atoms with Crippen molar-refractivity contribution in [1.29, 1.82) is 0 Å². The molecule has 1 saturated carbocycles. The molecule has 0 spiro atoms. The maximum Gasteiger partial charge on any atom is -0.0162 e. The van der Waals surface area contributed by atoms with Crippen LogP contribution in [0, 0.1) is 12.8 Å². The van der Waals surface area contributed by atoms with Crippen molar-refractivity contribution in [2.45, 2.75) is 51.9 Å². The van der Waals surface area contributed by atoms with Gasteiger partial charge >= 0.3 is 0 Å². The van der Waals surface area contributed by atoms with Gasteiger partial charge in [0.05, 0.1) is 0 Å². The lowest BCUT2D eigenvalue weighted by molar-refractivity contribution is 0.499. The Morgan fingerprint density at radius 3 is 2.00 bits per heavy atom. The molecule has 0 saturated heterocycles. The monoisotopic (exact) mass is 278 g/mol. The van der Waals surface area contributed by atoms with Gasteiger partial charge < -0.3 is 0 Å². The van der Waals surface area contributed by atoms with Gasteiger partial charge in [-0.3, -0.25) is 0 Å². The minimum atomic E-state index is 0.780. The van der Waals surface area contributed by atoms with Gasteiger partial charge in [-0.1, -0.05) is 80.3 Å². The maximum absolute atomic E-state index is 2.41. The summed E-state index contributed by atoms with van der Waals surface area (Å²) in [6.07, 6.45) is 6.94. The fourth-order valence-corrected chi connectivity index (χ4v) is 3.51. The lowest BCUT2D eigenvalue weighted by Gasteiger charge is -2.15. The van der Waals surface area contributed by atoms with Crippen molar-refractivity contribution >= 4 is 0 Å². The predicted molar refractivity (Wildman–Crippen MR) is 91.6 cm³/mol. The normalized spacial score (nSPS) is 22.8. The molecule has 0 bridgehead atoms. The Labute approximate surface area is 129 Å². The van der Waals surface area contributed by atoms with Crippen LogP contribution in [0.3, 0.4) is 0 Å². The Morgan fingerprint density at radius 1 is 0.714 bits per heavy atom. The second-order valence-electron chi connectivity index (χ2n) is 6.80. The van der Waals surface area contributed by atoms with E-state index in [4.69, 9.17) is 0 Å². The Balaban J connectivity index is 1.76. The Morgan fingerprint density at radius 2 is 1.33 bits per heavy atom. The van der Waals surface area contributed by atoms with E-state index in [1.807, 2.05) is 0 Å². The molecule has 0 aliphatic heterocycles. The predicted octanol–water partition coefficient (Wildman–Crippen LogP) is 6.35. The summed E-state index contributed by atoms with van der Waals surface area (Å²) in [6.45, 7) is 4.54. The van der Waals surface area contributed by atoms with Crippen molar-refractivity contribution in [3.63, 3.8) is 0 Å². The zero-order valence-corrected chi connectivity index (χ0v) is 13.3. The van der Waals surface area contributed by atoms with Crippen LogP contribution in [0.5, 0.6) is 0 Å². The van der Waals surface area contributed by atoms with Gasteiger partial charge in [-0.15, -0.1) is 0 Å². The highest BCUT2D eigenvalue weighted by molar-refractivity contribution is 5.64. The molecule has 0 radical (unpaired) electrons. The quantitative estimate of drug-likeness (QED) is 0.562. The molecule has 3 rings (SSSR count). The Bertz CT molecular complexity index is 562. The van der Waals surface area contributed by atoms with Gasteiger partial charge in [0.15, 0.2) is 0 Å². The molecule has 0 aromatic heterocycles. The van der Waals surface area contributed by atoms with Crippen LogP contribution in [0.2, 0.25) is 0 Å². The molecule has 2 aromatic rings. The molecule has 2 atom stereocenters. The second-order valence-corrected chi connectivity index (χ2v) is 6.80. The van der Waals surface area contributed by atoms with Gasteiger partial charge in [0.2, 0.25) is 0 Å². The molecular weight excluding hydrogens is 252 g/mol. The molecule has 1 aliphatic rings. The topological polar surface area (TPSA) is 0 Å². The first kappa shape index (κ1) is 14.4. The van der Waals surface area contributed by atoms with Crippen molar-refractivity contribution in [2.75, 3.05) is 0 Å². The van der Waals surface area contributed by atoms with Crippen LogP contribution in [0.15, 0.2) is 48.5 Å². The molecule has 1 aliphatic carbocycles. The fourth-order valence-electron chi connectivity index (χ4n) is 3.51. The highest BCUT2D eigenvalue weighted by Gasteiger charge is 2.17. The van der Waals surface area contributed by atoms with E-state index < -0.39 is 0 Å². The van der Waals surface area contributed by atoms with Gasteiger partial charge in [0.25, 0.3) is 0 Å². The summed E-state index contributed by atoms with van der Waals surface area (Å²) >= 11 is 0. The van der Waals surface area contributed by atoms with E-state index in [9.17, 15) is 0 Å². The van der Waals surface area contributed by atoms with Crippen LogP contribution in [-0.2, 0) is 0 Å². The Hall–Kier alpha value is -1.56. The van der Waals surface area contributed by atoms with E-state index in [0.717, 1.165) is 11.8 Å². The molecule has 0 N–H and O–H groups in total. The molecule has 110 valence electrons. The van der Waals surface area contributed by atoms with E-state index in [2.05, 4.69) is 62.4 Å². The largest absolute Gasteiger partial charge is 0.0625 e. The SMILES string of the molecule is Cc1ccc(-c2ccc(C3CCCC(C)CC3)cc2)cc1. The standard InChI is InChI=1S/C21H26/c1-16-4-3-5-18(9-6-16)20-12-14-21(15-13-20)19-10-7-17(2)8-11-19/h7-8,10-16,18H,3-6,9H2,1-2H3. The molecule has 2 unspecified atom stereocenters. The van der Waals surface area contributed by atoms with E-state index in [1.165, 1.54) is 48.8 Å². The van der Waals surface area contributed by atoms with Crippen molar-refractivity contribution in [2.24, 2.45) is 5.92 Å². The minimum Gasteiger partial charge on any atom is -0.0625 e. The van der Waals surface area contributed by atoms with Crippen LogP contribution in [0.25, 0.3) is 11.1 Å². The van der Waals surface area contributed by atoms with Gasteiger partial charge in [-0.05, 0) is 48.3 Å². The van der Waals surface area contributed by atoms with Crippen molar-refractivity contribution in [1.82, 2.24) is 0 Å². The first-order valence-electron chi connectivity index (χ1n) is 8.39. The van der Waals surface area contributed by atoms with Crippen LogP contribution >= 0.6 is 0 Å². The van der Waals surface area contributed by atoms with E-state index in [-0.39, 0.29) is 0 Å². The van der Waals surface area contributed by atoms with Gasteiger partial charge in [-0.2, -0.15) is 0 Å². The summed E-state index contributed by atoms with van der Waals surface area (Å²) in [4.78, 5) is 0. The Kier molecular flexibility index (Phi) is 4.43. The summed E-state index contributed by atoms with van der Waals surface area (Å²) < 4.78 is 0. The maximum atomic E-state index is 2.41. The average Bonchev–Trinajstić information content (AvgIpc) is 2.73. The van der Waals surface area contributed by atoms with Crippen molar-refractivity contribution in [3.8, 4) is 11.1 Å². The van der Waals surface area contributed by atoms with Crippen LogP contribution in [0.1, 0.15) is 56.1 Å². The van der Waals surface area contributed by atoms with Gasteiger partial charge in [-0.25, -0.2) is 0 Å². The van der Waals surface area contributed by atoms with E-state index in [1.54, 1.807) is 5.56 Å². The first-order valence-corrected chi connectivity index (χ1v) is 8.39. The highest BCUT2D eigenvalue weighted by atomic mass is 14.2. The summed E-state index contributed by atoms with van der Waals surface area (Å²) in [7, 11) is 0. The third kappa shape index (κ3) is 3.56. The molecule has 0 amide bonds. The average molecular weight is 278 g/mol. The molecule has 1 fully saturated rings. The first-order chi connectivity index (χ1) is 10.2. The lowest BCUT2D eigenvalue weighted by atomic mass is 9.90. The van der Waals surface area contributed by atoms with Crippen molar-refractivity contribution < 1.29 is 0 Å². The summed E-state index contributed by atoms with van der Waals surface area (Å²) in [5.41, 5.74) is 5.52. The molecule has 2 aromatic carbocycles. The summed E-state index contributed by atoms with van der Waals surface area (Å²) in [5.74, 6) is 1.70. The lowest BCUT2D eigenvalue weighted by Crippen LogP contribution is -1.97. The zero-order chi connectivity index (χ0) is 14.7. The summed E-state index contributed by atoms with van der Waals surface area (Å²) in [6, 6.07) is 18.1. The highest BCUT2D eigenvalue weighted by Crippen LogP contribution is 2.34. The summed E-state index contributed by atoms with van der Waals surface area (Å²) in [5, 5.41) is 0. The molecule has 0 nitrogen and oxygen atoms in total. The molecule has 0 heterocycles. The number of hydrogen-bond acceptors (Lipinski definition) is 0. The number of hydrogen-bond donors (Lipinski definition) is 0. The van der Waals surface area contributed by atoms with Gasteiger partial charge in [0, 0.05) is 0 Å². The van der Waals surface area contributed by atoms with Crippen molar-refractivity contribution in [3.05, 3.63) is 59.7 Å². The number of benzene rings is 2. The van der Waals surface area contributed by atoms with Crippen LogP contribution in [-0.4, -0.2) is 0 Å². The zero-order valence-electron chi connectivity index (χ0n) is 13.3. The molecule has 21 heavy (non-hydrogen) atoms.